The Hall–Kier alpha value is -3.61. The molecule has 0 saturated carbocycles. The van der Waals surface area contributed by atoms with Gasteiger partial charge in [0.1, 0.15) is 0 Å². The van der Waals surface area contributed by atoms with E-state index in [0.717, 1.165) is 5.56 Å². The van der Waals surface area contributed by atoms with E-state index >= 15 is 0 Å². The van der Waals surface area contributed by atoms with Crippen LogP contribution in [0, 0.1) is 0 Å². The first kappa shape index (κ1) is 14.0. The molecule has 116 valence electrons. The first-order valence-corrected chi connectivity index (χ1v) is 7.29. The predicted molar refractivity (Wildman–Crippen MR) is 89.3 cm³/mol. The Bertz CT molecular complexity index is 997. The first-order chi connectivity index (χ1) is 11.8. The highest BCUT2D eigenvalue weighted by atomic mass is 16.1. The van der Waals surface area contributed by atoms with Gasteiger partial charge in [0.2, 0.25) is 5.65 Å². The average Bonchev–Trinajstić information content (AvgIpc) is 3.05. The van der Waals surface area contributed by atoms with E-state index < -0.39 is 0 Å². The van der Waals surface area contributed by atoms with Crippen LogP contribution in [0.2, 0.25) is 0 Å². The van der Waals surface area contributed by atoms with Crippen LogP contribution in [-0.4, -0.2) is 31.1 Å². The number of nitrogens with zero attached hydrogens (tertiary/aromatic N) is 4. The number of H-pyrrole nitrogens is 1. The van der Waals surface area contributed by atoms with Crippen molar-refractivity contribution < 1.29 is 4.79 Å². The summed E-state index contributed by atoms with van der Waals surface area (Å²) in [7, 11) is 0. The Morgan fingerprint density at radius 1 is 1.04 bits per heavy atom. The van der Waals surface area contributed by atoms with Crippen LogP contribution in [0.25, 0.3) is 22.4 Å². The van der Waals surface area contributed by atoms with Crippen LogP contribution >= 0.6 is 0 Å². The second kappa shape index (κ2) is 5.88. The van der Waals surface area contributed by atoms with E-state index in [0.29, 0.717) is 28.2 Å². The minimum Gasteiger partial charge on any atom is -0.305 e. The van der Waals surface area contributed by atoms with Gasteiger partial charge in [0.25, 0.3) is 5.91 Å². The van der Waals surface area contributed by atoms with Crippen molar-refractivity contribution in [2.24, 2.45) is 0 Å². The molecule has 0 bridgehead atoms. The van der Waals surface area contributed by atoms with Gasteiger partial charge in [-0.3, -0.25) is 14.9 Å². The standard InChI is InChI=1S/C17H12N6O/c24-17(12-7-4-8-18-9-12)21-16-14-15(22-23-16)19-10-13(20-14)11-5-2-1-3-6-11/h1-10H,(H2,19,21,22,23,24). The zero-order valence-electron chi connectivity index (χ0n) is 12.5. The highest BCUT2D eigenvalue weighted by Crippen LogP contribution is 2.22. The summed E-state index contributed by atoms with van der Waals surface area (Å²) in [6, 6.07) is 13.1. The van der Waals surface area contributed by atoms with Crippen LogP contribution in [0.5, 0.6) is 0 Å². The van der Waals surface area contributed by atoms with Gasteiger partial charge in [0.05, 0.1) is 17.5 Å². The molecular weight excluding hydrogens is 304 g/mol. The normalized spacial score (nSPS) is 10.7. The lowest BCUT2D eigenvalue weighted by atomic mass is 10.2. The Morgan fingerprint density at radius 2 is 1.92 bits per heavy atom. The fraction of sp³-hybridized carbons (Fsp3) is 0. The summed E-state index contributed by atoms with van der Waals surface area (Å²) in [5.74, 6) is 0.115. The number of benzene rings is 1. The summed E-state index contributed by atoms with van der Waals surface area (Å²) >= 11 is 0. The zero-order chi connectivity index (χ0) is 16.4. The maximum absolute atomic E-state index is 12.3. The molecule has 0 atom stereocenters. The van der Waals surface area contributed by atoms with Crippen LogP contribution in [-0.2, 0) is 0 Å². The minimum atomic E-state index is -0.291. The molecule has 7 heteroatoms. The van der Waals surface area contributed by atoms with E-state index in [4.69, 9.17) is 0 Å². The lowest BCUT2D eigenvalue weighted by Crippen LogP contribution is -2.12. The van der Waals surface area contributed by atoms with Crippen molar-refractivity contribution in [3.05, 3.63) is 66.6 Å². The zero-order valence-corrected chi connectivity index (χ0v) is 12.5. The molecule has 3 aromatic heterocycles. The average molecular weight is 316 g/mol. The molecule has 0 aliphatic carbocycles. The third-order valence-corrected chi connectivity index (χ3v) is 3.50. The third kappa shape index (κ3) is 2.58. The largest absolute Gasteiger partial charge is 0.305 e. The lowest BCUT2D eigenvalue weighted by molar-refractivity contribution is 0.102. The predicted octanol–water partition coefficient (Wildman–Crippen LogP) is 2.67. The summed E-state index contributed by atoms with van der Waals surface area (Å²) < 4.78 is 0. The quantitative estimate of drug-likeness (QED) is 0.605. The fourth-order valence-electron chi connectivity index (χ4n) is 2.31. The van der Waals surface area contributed by atoms with Crippen LogP contribution in [0.15, 0.2) is 61.1 Å². The van der Waals surface area contributed by atoms with Gasteiger partial charge in [-0.25, -0.2) is 9.97 Å². The van der Waals surface area contributed by atoms with Gasteiger partial charge in [0, 0.05) is 18.0 Å². The molecule has 0 aliphatic rings. The van der Waals surface area contributed by atoms with Crippen molar-refractivity contribution >= 4 is 22.9 Å². The molecule has 1 aromatic carbocycles. The van der Waals surface area contributed by atoms with E-state index in [1.54, 1.807) is 24.5 Å². The molecule has 0 saturated heterocycles. The molecular formula is C17H12N6O. The van der Waals surface area contributed by atoms with E-state index in [9.17, 15) is 4.79 Å². The van der Waals surface area contributed by atoms with Crippen LogP contribution in [0.4, 0.5) is 5.82 Å². The van der Waals surface area contributed by atoms with Gasteiger partial charge < -0.3 is 5.32 Å². The molecule has 7 nitrogen and oxygen atoms in total. The van der Waals surface area contributed by atoms with Crippen LogP contribution in [0.1, 0.15) is 10.4 Å². The highest BCUT2D eigenvalue weighted by molar-refractivity contribution is 6.06. The molecule has 4 rings (SSSR count). The van der Waals surface area contributed by atoms with Gasteiger partial charge in [-0.1, -0.05) is 30.3 Å². The third-order valence-electron chi connectivity index (χ3n) is 3.50. The SMILES string of the molecule is O=C(Nc1[nH]nc2ncc(-c3ccccc3)nc12)c1cccnc1. The van der Waals surface area contributed by atoms with Crippen molar-refractivity contribution in [2.45, 2.75) is 0 Å². The van der Waals surface area contributed by atoms with Crippen molar-refractivity contribution in [1.82, 2.24) is 25.1 Å². The van der Waals surface area contributed by atoms with E-state index in [-0.39, 0.29) is 5.91 Å². The number of nitrogens with one attached hydrogen (secondary N) is 2. The summed E-state index contributed by atoms with van der Waals surface area (Å²) in [5, 5.41) is 9.60. The number of hydrogen-bond donors (Lipinski definition) is 2. The van der Waals surface area contributed by atoms with Crippen LogP contribution in [0.3, 0.4) is 0 Å². The number of amides is 1. The first-order valence-electron chi connectivity index (χ1n) is 7.29. The second-order valence-electron chi connectivity index (χ2n) is 5.09. The maximum atomic E-state index is 12.3. The molecule has 0 unspecified atom stereocenters. The molecule has 0 radical (unpaired) electrons. The molecule has 1 amide bonds. The van der Waals surface area contributed by atoms with Crippen molar-refractivity contribution in [3.63, 3.8) is 0 Å². The van der Waals surface area contributed by atoms with Crippen molar-refractivity contribution in [1.29, 1.82) is 0 Å². The lowest BCUT2D eigenvalue weighted by Gasteiger charge is -2.03. The molecule has 0 aliphatic heterocycles. The molecule has 0 fully saturated rings. The number of aromatic amines is 1. The number of aromatic nitrogens is 5. The topological polar surface area (TPSA) is 96.5 Å². The Labute approximate surface area is 136 Å². The number of carbonyl (C=O) groups is 1. The molecule has 24 heavy (non-hydrogen) atoms. The van der Waals surface area contributed by atoms with Crippen molar-refractivity contribution in [3.8, 4) is 11.3 Å². The molecule has 3 heterocycles. The van der Waals surface area contributed by atoms with E-state index in [1.165, 1.54) is 6.20 Å². The summed E-state index contributed by atoms with van der Waals surface area (Å²) in [6.45, 7) is 0. The molecule has 0 spiro atoms. The number of fused-ring (bicyclic) bond motifs is 1. The van der Waals surface area contributed by atoms with E-state index in [2.05, 4.69) is 30.5 Å². The molecule has 2 N–H and O–H groups in total. The number of anilines is 1. The highest BCUT2D eigenvalue weighted by Gasteiger charge is 2.14. The second-order valence-corrected chi connectivity index (χ2v) is 5.09. The van der Waals surface area contributed by atoms with E-state index in [1.807, 2.05) is 30.3 Å². The van der Waals surface area contributed by atoms with Gasteiger partial charge in [0.15, 0.2) is 11.3 Å². The Balaban J connectivity index is 1.70. The fourth-order valence-corrected chi connectivity index (χ4v) is 2.31. The number of hydrogen-bond acceptors (Lipinski definition) is 5. The van der Waals surface area contributed by atoms with Crippen molar-refractivity contribution in [2.75, 3.05) is 5.32 Å². The smallest absolute Gasteiger partial charge is 0.258 e. The van der Waals surface area contributed by atoms with Crippen LogP contribution < -0.4 is 5.32 Å². The number of rotatable bonds is 3. The number of pyridine rings is 1. The monoisotopic (exact) mass is 316 g/mol. The Kier molecular flexibility index (Phi) is 3.43. The van der Waals surface area contributed by atoms with Gasteiger partial charge in [-0.15, -0.1) is 0 Å². The Morgan fingerprint density at radius 3 is 2.71 bits per heavy atom. The van der Waals surface area contributed by atoms with Gasteiger partial charge >= 0.3 is 0 Å². The summed E-state index contributed by atoms with van der Waals surface area (Å²) in [4.78, 5) is 25.1. The van der Waals surface area contributed by atoms with Gasteiger partial charge in [-0.2, -0.15) is 5.10 Å². The minimum absolute atomic E-state index is 0.291. The summed E-state index contributed by atoms with van der Waals surface area (Å²) in [6.07, 6.45) is 4.76. The maximum Gasteiger partial charge on any atom is 0.258 e. The molecule has 4 aromatic rings. The summed E-state index contributed by atoms with van der Waals surface area (Å²) in [5.41, 5.74) is 3.05. The van der Waals surface area contributed by atoms with Gasteiger partial charge in [-0.05, 0) is 12.1 Å². The number of carbonyl (C=O) groups excluding carboxylic acids is 1.